The van der Waals surface area contributed by atoms with Crippen molar-refractivity contribution in [2.75, 3.05) is 0 Å². The monoisotopic (exact) mass is 570 g/mol. The lowest BCUT2D eigenvalue weighted by Crippen LogP contribution is -2.70. The molecule has 2 heterocycles. The Kier molecular flexibility index (Phi) is 6.98. The summed E-state index contributed by atoms with van der Waals surface area (Å²) < 4.78 is 29.4. The fourth-order valence-corrected chi connectivity index (χ4v) is 9.52. The van der Waals surface area contributed by atoms with Crippen molar-refractivity contribution in [1.82, 2.24) is 0 Å². The van der Waals surface area contributed by atoms with Gasteiger partial charge < -0.3 is 23.4 Å². The van der Waals surface area contributed by atoms with E-state index >= 15 is 0 Å². The number of hydrogen-bond donors (Lipinski definition) is 0. The highest BCUT2D eigenvalue weighted by atomic mass is 16.6. The molecule has 9 nitrogen and oxygen atoms in total. The topological polar surface area (TPSA) is 118 Å². The van der Waals surface area contributed by atoms with Crippen molar-refractivity contribution < 1.29 is 42.5 Å². The largest absolute Gasteiger partial charge is 0.472 e. The van der Waals surface area contributed by atoms with E-state index in [2.05, 4.69) is 34.6 Å². The fraction of sp³-hybridized carbons (Fsp3) is 0.688. The fourth-order valence-electron chi connectivity index (χ4n) is 9.52. The first-order chi connectivity index (χ1) is 19.1. The van der Waals surface area contributed by atoms with Gasteiger partial charge in [-0.1, -0.05) is 34.6 Å². The maximum atomic E-state index is 13.2. The molecule has 41 heavy (non-hydrogen) atoms. The van der Waals surface area contributed by atoms with Gasteiger partial charge in [-0.05, 0) is 42.7 Å². The lowest BCUT2D eigenvalue weighted by molar-refractivity contribution is -0.264. The summed E-state index contributed by atoms with van der Waals surface area (Å²) in [4.78, 5) is 50.4. The van der Waals surface area contributed by atoms with Crippen molar-refractivity contribution in [2.45, 2.75) is 105 Å². The second kappa shape index (κ2) is 9.73. The number of carbonyl (C=O) groups is 4. The molecule has 9 heteroatoms. The molecular weight excluding hydrogens is 528 g/mol. The zero-order chi connectivity index (χ0) is 30.1. The van der Waals surface area contributed by atoms with Gasteiger partial charge >= 0.3 is 23.9 Å². The Balaban J connectivity index is 1.70. The van der Waals surface area contributed by atoms with Crippen LogP contribution in [-0.4, -0.2) is 42.2 Å². The molecule has 0 aromatic carbocycles. The molecule has 224 valence electrons. The average molecular weight is 571 g/mol. The summed E-state index contributed by atoms with van der Waals surface area (Å²) in [5.74, 6) is -1.91. The lowest BCUT2D eigenvalue weighted by atomic mass is 9.36. The molecule has 3 aliphatic carbocycles. The minimum Gasteiger partial charge on any atom is -0.472 e. The first kappa shape index (κ1) is 29.4. The van der Waals surface area contributed by atoms with Gasteiger partial charge in [-0.2, -0.15) is 0 Å². The molecule has 0 saturated heterocycles. The average Bonchev–Trinajstić information content (AvgIpc) is 3.38. The zero-order valence-corrected chi connectivity index (χ0v) is 25.3. The van der Waals surface area contributed by atoms with Crippen LogP contribution in [0.25, 0.3) is 0 Å². The molecule has 5 rings (SSSR count). The molecule has 3 fully saturated rings. The van der Waals surface area contributed by atoms with Crippen molar-refractivity contribution in [1.29, 1.82) is 0 Å². The number of carbonyl (C=O) groups excluding carboxylic acids is 4. The van der Waals surface area contributed by atoms with Crippen LogP contribution >= 0.6 is 0 Å². The predicted molar refractivity (Wildman–Crippen MR) is 146 cm³/mol. The van der Waals surface area contributed by atoms with E-state index in [1.54, 1.807) is 18.6 Å². The van der Waals surface area contributed by atoms with Crippen LogP contribution in [-0.2, 0) is 38.1 Å². The second-order valence-electron chi connectivity index (χ2n) is 13.7. The first-order valence-electron chi connectivity index (χ1n) is 14.5. The standard InChI is InChI=1S/C32H42O9/c1-17(33)38-24-15-26(40-19(3)35)31(7)21-9-11-30(6)23(14-27(36)41-28(30)20-10-12-37-16-20)32(21,8)25(39-18(2)34)13-22(31)29(24,4)5/h10,12,14,16,21-22,24-26,28H,9,11,13,15H2,1-8H3/t21-,22+,24-,25-,26+,28+,30-,31-,32-/m1/s1. The van der Waals surface area contributed by atoms with Crippen LogP contribution in [0.3, 0.4) is 0 Å². The van der Waals surface area contributed by atoms with Crippen molar-refractivity contribution >= 4 is 23.9 Å². The minimum atomic E-state index is -0.770. The second-order valence-corrected chi connectivity index (χ2v) is 13.7. The number of fused-ring (bicyclic) bond motifs is 5. The molecule has 1 aliphatic heterocycles. The van der Waals surface area contributed by atoms with Crippen LogP contribution in [0, 0.1) is 33.5 Å². The summed E-state index contributed by atoms with van der Waals surface area (Å²) in [6.07, 6.45) is 4.82. The van der Waals surface area contributed by atoms with Gasteiger partial charge in [0, 0.05) is 60.5 Å². The van der Waals surface area contributed by atoms with Gasteiger partial charge in [0.2, 0.25) is 0 Å². The van der Waals surface area contributed by atoms with E-state index in [4.69, 9.17) is 23.4 Å². The molecule has 0 radical (unpaired) electrons. The van der Waals surface area contributed by atoms with Gasteiger partial charge in [0.25, 0.3) is 0 Å². The van der Waals surface area contributed by atoms with Gasteiger partial charge in [-0.3, -0.25) is 14.4 Å². The Morgan fingerprint density at radius 3 is 2.05 bits per heavy atom. The molecule has 0 spiro atoms. The summed E-state index contributed by atoms with van der Waals surface area (Å²) in [6, 6.07) is 1.82. The van der Waals surface area contributed by atoms with Crippen molar-refractivity contribution in [3.63, 3.8) is 0 Å². The van der Waals surface area contributed by atoms with E-state index in [0.29, 0.717) is 25.7 Å². The summed E-state index contributed by atoms with van der Waals surface area (Å²) >= 11 is 0. The predicted octanol–water partition coefficient (Wildman–Crippen LogP) is 5.48. The van der Waals surface area contributed by atoms with Crippen molar-refractivity contribution in [3.05, 3.63) is 35.8 Å². The van der Waals surface area contributed by atoms with Gasteiger partial charge in [-0.15, -0.1) is 0 Å². The third-order valence-corrected chi connectivity index (χ3v) is 11.2. The first-order valence-corrected chi connectivity index (χ1v) is 14.5. The van der Waals surface area contributed by atoms with E-state index in [9.17, 15) is 19.2 Å². The van der Waals surface area contributed by atoms with Crippen LogP contribution in [0.2, 0.25) is 0 Å². The lowest BCUT2D eigenvalue weighted by Gasteiger charge is -2.70. The van der Waals surface area contributed by atoms with Gasteiger partial charge in [0.15, 0.2) is 0 Å². The highest BCUT2D eigenvalue weighted by molar-refractivity contribution is 5.85. The highest BCUT2D eigenvalue weighted by Crippen LogP contribution is 2.73. The van der Waals surface area contributed by atoms with Gasteiger partial charge in [0.05, 0.1) is 12.5 Å². The van der Waals surface area contributed by atoms with Crippen LogP contribution < -0.4 is 0 Å². The molecule has 1 aromatic heterocycles. The number of cyclic esters (lactones) is 1. The van der Waals surface area contributed by atoms with Crippen LogP contribution in [0.15, 0.2) is 34.7 Å². The molecule has 1 aromatic rings. The quantitative estimate of drug-likeness (QED) is 0.343. The Morgan fingerprint density at radius 2 is 1.46 bits per heavy atom. The summed E-state index contributed by atoms with van der Waals surface area (Å²) in [7, 11) is 0. The molecule has 0 unspecified atom stereocenters. The van der Waals surface area contributed by atoms with Crippen molar-refractivity contribution in [2.24, 2.45) is 33.5 Å². The highest BCUT2D eigenvalue weighted by Gasteiger charge is 2.72. The number of esters is 4. The Morgan fingerprint density at radius 1 is 0.854 bits per heavy atom. The third kappa shape index (κ3) is 4.33. The number of hydrogen-bond acceptors (Lipinski definition) is 9. The van der Waals surface area contributed by atoms with Crippen LogP contribution in [0.1, 0.15) is 92.7 Å². The number of ether oxygens (including phenoxy) is 4. The maximum Gasteiger partial charge on any atom is 0.331 e. The summed E-state index contributed by atoms with van der Waals surface area (Å²) in [5, 5.41) is 0. The molecule has 0 bridgehead atoms. The van der Waals surface area contributed by atoms with Gasteiger partial charge in [0.1, 0.15) is 24.4 Å². The number of furan rings is 1. The Labute approximate surface area is 241 Å². The van der Waals surface area contributed by atoms with Crippen LogP contribution in [0.5, 0.6) is 0 Å². The molecular formula is C32H42O9. The SMILES string of the molecule is CC(=O)O[C@H]1C[C@@H](OC(C)=O)C(C)(C)[C@@H]2C[C@@H](OC(C)=O)[C@@]3(C)C4=CC(=O)O[C@@H](c5ccoc5)[C@]4(C)CC[C@@H]3[C@@]12C. The van der Waals surface area contributed by atoms with Crippen LogP contribution in [0.4, 0.5) is 0 Å². The number of rotatable bonds is 4. The van der Waals surface area contributed by atoms with E-state index in [-0.39, 0.29) is 11.8 Å². The summed E-state index contributed by atoms with van der Waals surface area (Å²) in [5.41, 5.74) is -0.780. The molecule has 3 saturated carbocycles. The zero-order valence-electron chi connectivity index (χ0n) is 25.3. The molecule has 9 atom stereocenters. The minimum absolute atomic E-state index is 0.129. The van der Waals surface area contributed by atoms with E-state index in [0.717, 1.165) is 11.1 Å². The molecule has 0 amide bonds. The van der Waals surface area contributed by atoms with Crippen molar-refractivity contribution in [3.8, 4) is 0 Å². The smallest absolute Gasteiger partial charge is 0.331 e. The Bertz CT molecular complexity index is 1280. The van der Waals surface area contributed by atoms with E-state index < -0.39 is 70.0 Å². The van der Waals surface area contributed by atoms with E-state index in [1.807, 2.05) is 6.07 Å². The maximum absolute atomic E-state index is 13.2. The summed E-state index contributed by atoms with van der Waals surface area (Å²) in [6.45, 7) is 14.7. The Hall–Kier alpha value is -3.10. The third-order valence-electron chi connectivity index (χ3n) is 11.2. The molecule has 4 aliphatic rings. The van der Waals surface area contributed by atoms with Gasteiger partial charge in [-0.25, -0.2) is 4.79 Å². The molecule has 0 N–H and O–H groups in total. The normalized spacial score (nSPS) is 41.0. The van der Waals surface area contributed by atoms with E-state index in [1.165, 1.54) is 20.8 Å².